The van der Waals surface area contributed by atoms with E-state index in [1.54, 1.807) is 0 Å². The molecule has 3 heteroatoms. The monoisotopic (exact) mass is 255 g/mol. The van der Waals surface area contributed by atoms with Crippen molar-refractivity contribution in [2.24, 2.45) is 5.92 Å². The van der Waals surface area contributed by atoms with E-state index in [4.69, 9.17) is 16.7 Å². The maximum Gasteiger partial charge on any atom is 0.0450 e. The summed E-state index contributed by atoms with van der Waals surface area (Å²) in [7, 11) is 0. The average Bonchev–Trinajstić information content (AvgIpc) is 2.32. The molecule has 2 nitrogen and oxygen atoms in total. The number of rotatable bonds is 8. The van der Waals surface area contributed by atoms with Crippen molar-refractivity contribution in [3.05, 3.63) is 34.9 Å². The highest BCUT2D eigenvalue weighted by atomic mass is 35.5. The largest absolute Gasteiger partial charge is 0.396 e. The van der Waals surface area contributed by atoms with Crippen LogP contribution in [0.4, 0.5) is 0 Å². The molecule has 0 aromatic heterocycles. The lowest BCUT2D eigenvalue weighted by atomic mass is 10.0. The molecule has 0 fully saturated rings. The van der Waals surface area contributed by atoms with Gasteiger partial charge in [0.15, 0.2) is 0 Å². The van der Waals surface area contributed by atoms with E-state index in [0.29, 0.717) is 5.92 Å². The van der Waals surface area contributed by atoms with Gasteiger partial charge in [0.05, 0.1) is 0 Å². The number of aliphatic hydroxyl groups is 1. The summed E-state index contributed by atoms with van der Waals surface area (Å²) in [5.74, 6) is 0.562. The van der Waals surface area contributed by atoms with Gasteiger partial charge in [-0.05, 0) is 36.9 Å². The molecule has 0 heterocycles. The highest BCUT2D eigenvalue weighted by Crippen LogP contribution is 2.15. The fourth-order valence-electron chi connectivity index (χ4n) is 1.99. The first-order chi connectivity index (χ1) is 8.27. The van der Waals surface area contributed by atoms with Crippen molar-refractivity contribution in [1.29, 1.82) is 0 Å². The first kappa shape index (κ1) is 14.5. The molecule has 1 rings (SSSR count). The molecule has 0 aliphatic heterocycles. The Balaban J connectivity index is 2.33. The van der Waals surface area contributed by atoms with E-state index in [2.05, 4.69) is 12.2 Å². The van der Waals surface area contributed by atoms with E-state index in [9.17, 15) is 0 Å². The summed E-state index contributed by atoms with van der Waals surface area (Å²) in [5.41, 5.74) is 1.13. The number of halogens is 1. The Bertz CT molecular complexity index is 311. The third-order valence-electron chi connectivity index (χ3n) is 2.94. The van der Waals surface area contributed by atoms with Crippen LogP contribution in [0, 0.1) is 5.92 Å². The van der Waals surface area contributed by atoms with E-state index in [-0.39, 0.29) is 6.61 Å². The molecule has 1 aromatic carbocycles. The van der Waals surface area contributed by atoms with E-state index in [1.807, 2.05) is 24.3 Å². The van der Waals surface area contributed by atoms with Crippen molar-refractivity contribution in [3.8, 4) is 0 Å². The van der Waals surface area contributed by atoms with Crippen LogP contribution in [0.5, 0.6) is 0 Å². The van der Waals surface area contributed by atoms with Gasteiger partial charge in [-0.2, -0.15) is 0 Å². The minimum Gasteiger partial charge on any atom is -0.396 e. The zero-order valence-corrected chi connectivity index (χ0v) is 11.2. The van der Waals surface area contributed by atoms with Gasteiger partial charge in [-0.15, -0.1) is 0 Å². The number of nitrogens with one attached hydrogen (secondary N) is 1. The van der Waals surface area contributed by atoms with Gasteiger partial charge in [-0.1, -0.05) is 43.1 Å². The molecule has 1 aromatic rings. The highest BCUT2D eigenvalue weighted by Gasteiger charge is 2.07. The molecule has 0 radical (unpaired) electrons. The van der Waals surface area contributed by atoms with Gasteiger partial charge in [0.25, 0.3) is 0 Å². The average molecular weight is 256 g/mol. The van der Waals surface area contributed by atoms with Crippen LogP contribution in [-0.4, -0.2) is 18.3 Å². The molecule has 0 saturated heterocycles. The number of aliphatic hydroxyl groups excluding tert-OH is 1. The van der Waals surface area contributed by atoms with E-state index < -0.39 is 0 Å². The first-order valence-electron chi connectivity index (χ1n) is 6.33. The molecule has 0 bridgehead atoms. The molecular formula is C14H22ClNO. The first-order valence-corrected chi connectivity index (χ1v) is 6.70. The van der Waals surface area contributed by atoms with Crippen LogP contribution in [0.25, 0.3) is 0 Å². The van der Waals surface area contributed by atoms with Crippen molar-refractivity contribution in [2.45, 2.75) is 32.7 Å². The van der Waals surface area contributed by atoms with E-state index in [0.717, 1.165) is 36.5 Å². The van der Waals surface area contributed by atoms with Gasteiger partial charge in [0.2, 0.25) is 0 Å². The molecule has 0 saturated carbocycles. The summed E-state index contributed by atoms with van der Waals surface area (Å²) in [6, 6.07) is 7.89. The summed E-state index contributed by atoms with van der Waals surface area (Å²) >= 11 is 6.08. The highest BCUT2D eigenvalue weighted by molar-refractivity contribution is 6.31. The standard InChI is InChI=1S/C14H22ClNO/c1-2-5-12(8-9-17)10-16-11-13-6-3-4-7-14(13)15/h3-4,6-7,12,16-17H,2,5,8-11H2,1H3. The second-order valence-corrected chi connectivity index (χ2v) is 4.80. The molecule has 0 aliphatic rings. The molecule has 96 valence electrons. The molecule has 1 unspecified atom stereocenters. The summed E-state index contributed by atoms with van der Waals surface area (Å²) in [5, 5.41) is 13.2. The normalized spacial score (nSPS) is 12.6. The third-order valence-corrected chi connectivity index (χ3v) is 3.31. The van der Waals surface area contributed by atoms with E-state index in [1.165, 1.54) is 6.42 Å². The lowest BCUT2D eigenvalue weighted by Crippen LogP contribution is -2.23. The maximum atomic E-state index is 8.97. The molecule has 0 amide bonds. The third kappa shape index (κ3) is 5.53. The van der Waals surface area contributed by atoms with Gasteiger partial charge in [-0.3, -0.25) is 0 Å². The summed E-state index contributed by atoms with van der Waals surface area (Å²) in [6.45, 7) is 4.20. The Morgan fingerprint density at radius 3 is 2.71 bits per heavy atom. The second kappa shape index (κ2) is 8.51. The van der Waals surface area contributed by atoms with E-state index >= 15 is 0 Å². The summed E-state index contributed by atoms with van der Waals surface area (Å²) < 4.78 is 0. The Labute approximate surface area is 109 Å². The summed E-state index contributed by atoms with van der Waals surface area (Å²) in [4.78, 5) is 0. The lowest BCUT2D eigenvalue weighted by Gasteiger charge is -2.16. The fraction of sp³-hybridized carbons (Fsp3) is 0.571. The predicted molar refractivity (Wildman–Crippen MR) is 73.3 cm³/mol. The van der Waals surface area contributed by atoms with Crippen molar-refractivity contribution in [2.75, 3.05) is 13.2 Å². The molecule has 0 spiro atoms. The minimum atomic E-state index is 0.276. The minimum absolute atomic E-state index is 0.276. The van der Waals surface area contributed by atoms with Crippen molar-refractivity contribution in [1.82, 2.24) is 5.32 Å². The van der Waals surface area contributed by atoms with Crippen molar-refractivity contribution in [3.63, 3.8) is 0 Å². The van der Waals surface area contributed by atoms with Gasteiger partial charge >= 0.3 is 0 Å². The van der Waals surface area contributed by atoms with Gasteiger partial charge < -0.3 is 10.4 Å². The lowest BCUT2D eigenvalue weighted by molar-refractivity contribution is 0.248. The predicted octanol–water partition coefficient (Wildman–Crippen LogP) is 3.23. The Hall–Kier alpha value is -0.570. The zero-order valence-electron chi connectivity index (χ0n) is 10.5. The number of benzene rings is 1. The van der Waals surface area contributed by atoms with Crippen LogP contribution >= 0.6 is 11.6 Å². The van der Waals surface area contributed by atoms with Gasteiger partial charge in [-0.25, -0.2) is 0 Å². The molecule has 17 heavy (non-hydrogen) atoms. The second-order valence-electron chi connectivity index (χ2n) is 4.39. The van der Waals surface area contributed by atoms with Crippen LogP contribution < -0.4 is 5.32 Å². The Kier molecular flexibility index (Phi) is 7.25. The smallest absolute Gasteiger partial charge is 0.0450 e. The SMILES string of the molecule is CCCC(CCO)CNCc1ccccc1Cl. The van der Waals surface area contributed by atoms with Crippen LogP contribution in [0.3, 0.4) is 0 Å². The van der Waals surface area contributed by atoms with Crippen molar-refractivity contribution < 1.29 is 5.11 Å². The molecule has 0 aliphatic carbocycles. The van der Waals surface area contributed by atoms with Crippen LogP contribution in [0.1, 0.15) is 31.7 Å². The van der Waals surface area contributed by atoms with Gasteiger partial charge in [0.1, 0.15) is 0 Å². The topological polar surface area (TPSA) is 32.3 Å². The maximum absolute atomic E-state index is 8.97. The van der Waals surface area contributed by atoms with Crippen LogP contribution in [0.15, 0.2) is 24.3 Å². The van der Waals surface area contributed by atoms with Crippen LogP contribution in [-0.2, 0) is 6.54 Å². The summed E-state index contributed by atoms with van der Waals surface area (Å²) in [6.07, 6.45) is 3.21. The zero-order chi connectivity index (χ0) is 12.5. The molecular weight excluding hydrogens is 234 g/mol. The van der Waals surface area contributed by atoms with Crippen molar-refractivity contribution >= 4 is 11.6 Å². The Morgan fingerprint density at radius 1 is 1.29 bits per heavy atom. The fourth-order valence-corrected chi connectivity index (χ4v) is 2.19. The quantitative estimate of drug-likeness (QED) is 0.748. The Morgan fingerprint density at radius 2 is 2.06 bits per heavy atom. The molecule has 2 N–H and O–H groups in total. The number of hydrogen-bond acceptors (Lipinski definition) is 2. The molecule has 1 atom stereocenters. The van der Waals surface area contributed by atoms with Crippen LogP contribution in [0.2, 0.25) is 5.02 Å². The van der Waals surface area contributed by atoms with Gasteiger partial charge in [0, 0.05) is 18.2 Å². The number of hydrogen-bond donors (Lipinski definition) is 2.